The van der Waals surface area contributed by atoms with Crippen LogP contribution in [0, 0.1) is 23.7 Å². The lowest BCUT2D eigenvalue weighted by Gasteiger charge is -2.32. The number of aliphatic hydroxyl groups is 1. The maximum atomic E-state index is 8.66. The molecule has 0 saturated heterocycles. The molecule has 0 aromatic heterocycles. The summed E-state index contributed by atoms with van der Waals surface area (Å²) in [6, 6.07) is 8.06. The topological polar surface area (TPSA) is 29.5 Å². The van der Waals surface area contributed by atoms with Crippen molar-refractivity contribution in [2.75, 3.05) is 6.61 Å². The van der Waals surface area contributed by atoms with Crippen molar-refractivity contribution >= 4 is 0 Å². The quantitative estimate of drug-likeness (QED) is 0.855. The van der Waals surface area contributed by atoms with Crippen molar-refractivity contribution in [3.8, 4) is 11.8 Å². The van der Waals surface area contributed by atoms with Crippen molar-refractivity contribution in [2.45, 2.75) is 45.8 Å². The lowest BCUT2D eigenvalue weighted by molar-refractivity contribution is -0.00745. The predicted molar refractivity (Wildman–Crippen MR) is 81.2 cm³/mol. The van der Waals surface area contributed by atoms with Crippen molar-refractivity contribution in [2.24, 2.45) is 11.8 Å². The van der Waals surface area contributed by atoms with Crippen LogP contribution in [0.15, 0.2) is 24.3 Å². The molecule has 0 amide bonds. The van der Waals surface area contributed by atoms with E-state index in [0.29, 0.717) is 12.7 Å². The van der Waals surface area contributed by atoms with Gasteiger partial charge in [0, 0.05) is 5.56 Å². The van der Waals surface area contributed by atoms with E-state index < -0.39 is 0 Å². The van der Waals surface area contributed by atoms with Crippen molar-refractivity contribution in [1.29, 1.82) is 0 Å². The summed E-state index contributed by atoms with van der Waals surface area (Å²) in [4.78, 5) is 0. The lowest BCUT2D eigenvalue weighted by atomic mass is 9.80. The molecule has 1 aromatic rings. The van der Waals surface area contributed by atoms with Gasteiger partial charge in [-0.15, -0.1) is 0 Å². The fraction of sp³-hybridized carbons (Fsp3) is 0.556. The van der Waals surface area contributed by atoms with Crippen LogP contribution in [0.25, 0.3) is 0 Å². The van der Waals surface area contributed by atoms with Crippen molar-refractivity contribution < 1.29 is 9.84 Å². The number of ether oxygens (including phenoxy) is 1. The van der Waals surface area contributed by atoms with Crippen LogP contribution in [0.1, 0.15) is 44.2 Å². The zero-order valence-corrected chi connectivity index (χ0v) is 12.4. The molecule has 0 aliphatic heterocycles. The monoisotopic (exact) mass is 272 g/mol. The second-order valence-corrected chi connectivity index (χ2v) is 5.86. The van der Waals surface area contributed by atoms with Gasteiger partial charge in [-0.2, -0.15) is 0 Å². The molecule has 2 heteroatoms. The summed E-state index contributed by atoms with van der Waals surface area (Å²) in [5.74, 6) is 7.15. The Morgan fingerprint density at radius 2 is 1.90 bits per heavy atom. The molecule has 1 fully saturated rings. The minimum atomic E-state index is -0.0941. The first-order valence-corrected chi connectivity index (χ1v) is 7.49. The molecule has 1 aromatic carbocycles. The van der Waals surface area contributed by atoms with Crippen LogP contribution >= 0.6 is 0 Å². The summed E-state index contributed by atoms with van der Waals surface area (Å²) in [6.07, 6.45) is 4.06. The standard InChI is InChI=1S/C18H24O2/c1-14-5-10-18(12-15(14)2)20-13-17-8-6-16(7-9-17)4-3-11-19/h6-9,14-15,18-19H,5,10-13H2,1-2H3. The molecule has 0 radical (unpaired) electrons. The first kappa shape index (κ1) is 15.1. The third kappa shape index (κ3) is 4.37. The van der Waals surface area contributed by atoms with Gasteiger partial charge in [0.05, 0.1) is 12.7 Å². The number of benzene rings is 1. The summed E-state index contributed by atoms with van der Waals surface area (Å²) < 4.78 is 6.03. The molecule has 0 heterocycles. The summed E-state index contributed by atoms with van der Waals surface area (Å²) in [5.41, 5.74) is 2.12. The van der Waals surface area contributed by atoms with E-state index in [-0.39, 0.29) is 6.61 Å². The van der Waals surface area contributed by atoms with E-state index in [4.69, 9.17) is 9.84 Å². The molecule has 20 heavy (non-hydrogen) atoms. The number of aliphatic hydroxyl groups excluding tert-OH is 1. The maximum absolute atomic E-state index is 8.66. The van der Waals surface area contributed by atoms with Crippen LogP contribution in [-0.4, -0.2) is 17.8 Å². The fourth-order valence-corrected chi connectivity index (χ4v) is 2.69. The Hall–Kier alpha value is -1.30. The van der Waals surface area contributed by atoms with Crippen LogP contribution in [0.4, 0.5) is 0 Å². The van der Waals surface area contributed by atoms with Crippen LogP contribution < -0.4 is 0 Å². The van der Waals surface area contributed by atoms with Gasteiger partial charge in [-0.1, -0.05) is 37.8 Å². The smallest absolute Gasteiger partial charge is 0.104 e. The molecular formula is C18H24O2. The largest absolute Gasteiger partial charge is 0.384 e. The Morgan fingerprint density at radius 1 is 1.15 bits per heavy atom. The van der Waals surface area contributed by atoms with Crippen LogP contribution in [0.5, 0.6) is 0 Å². The average molecular weight is 272 g/mol. The average Bonchev–Trinajstić information content (AvgIpc) is 2.47. The molecule has 2 rings (SSSR count). The Labute approximate surface area is 122 Å². The molecule has 1 aliphatic carbocycles. The van der Waals surface area contributed by atoms with Crippen molar-refractivity contribution in [3.63, 3.8) is 0 Å². The van der Waals surface area contributed by atoms with E-state index in [0.717, 1.165) is 17.4 Å². The van der Waals surface area contributed by atoms with E-state index in [1.54, 1.807) is 0 Å². The fourth-order valence-electron chi connectivity index (χ4n) is 2.69. The number of hydrogen-bond acceptors (Lipinski definition) is 2. The van der Waals surface area contributed by atoms with Gasteiger partial charge in [0.2, 0.25) is 0 Å². The van der Waals surface area contributed by atoms with E-state index in [2.05, 4.69) is 37.8 Å². The molecule has 1 saturated carbocycles. The van der Waals surface area contributed by atoms with E-state index in [1.165, 1.54) is 24.8 Å². The van der Waals surface area contributed by atoms with Gasteiger partial charge in [0.1, 0.15) is 6.61 Å². The van der Waals surface area contributed by atoms with Crippen LogP contribution in [0.2, 0.25) is 0 Å². The molecule has 0 spiro atoms. The predicted octanol–water partition coefficient (Wildman–Crippen LogP) is 3.37. The number of hydrogen-bond donors (Lipinski definition) is 1. The first-order valence-electron chi connectivity index (χ1n) is 7.49. The molecule has 108 valence electrons. The highest BCUT2D eigenvalue weighted by Crippen LogP contribution is 2.31. The Balaban J connectivity index is 1.82. The van der Waals surface area contributed by atoms with Crippen molar-refractivity contribution in [3.05, 3.63) is 35.4 Å². The van der Waals surface area contributed by atoms with Crippen molar-refractivity contribution in [1.82, 2.24) is 0 Å². The van der Waals surface area contributed by atoms with Gasteiger partial charge in [0.25, 0.3) is 0 Å². The molecule has 1 aliphatic rings. The summed E-state index contributed by atoms with van der Waals surface area (Å²) in [6.45, 7) is 5.25. The molecule has 0 bridgehead atoms. The summed E-state index contributed by atoms with van der Waals surface area (Å²) >= 11 is 0. The van der Waals surface area contributed by atoms with Gasteiger partial charge in [-0.3, -0.25) is 0 Å². The highest BCUT2D eigenvalue weighted by molar-refractivity contribution is 5.36. The van der Waals surface area contributed by atoms with Gasteiger partial charge < -0.3 is 9.84 Å². The minimum Gasteiger partial charge on any atom is -0.384 e. The van der Waals surface area contributed by atoms with Gasteiger partial charge in [-0.05, 0) is 48.8 Å². The summed E-state index contributed by atoms with van der Waals surface area (Å²) in [5, 5.41) is 8.66. The summed E-state index contributed by atoms with van der Waals surface area (Å²) in [7, 11) is 0. The van der Waals surface area contributed by atoms with E-state index >= 15 is 0 Å². The minimum absolute atomic E-state index is 0.0941. The van der Waals surface area contributed by atoms with E-state index in [1.807, 2.05) is 12.1 Å². The lowest BCUT2D eigenvalue weighted by Crippen LogP contribution is -2.26. The van der Waals surface area contributed by atoms with Gasteiger partial charge in [0.15, 0.2) is 0 Å². The first-order chi connectivity index (χ1) is 9.69. The van der Waals surface area contributed by atoms with Crippen LogP contribution in [-0.2, 0) is 11.3 Å². The zero-order chi connectivity index (χ0) is 14.4. The van der Waals surface area contributed by atoms with E-state index in [9.17, 15) is 0 Å². The second-order valence-electron chi connectivity index (χ2n) is 5.86. The second kappa shape index (κ2) is 7.47. The SMILES string of the molecule is CC1CCC(OCc2ccc(C#CCO)cc2)CC1C. The number of rotatable bonds is 3. The van der Waals surface area contributed by atoms with Crippen LogP contribution in [0.3, 0.4) is 0 Å². The Morgan fingerprint density at radius 3 is 2.55 bits per heavy atom. The molecule has 1 N–H and O–H groups in total. The highest BCUT2D eigenvalue weighted by atomic mass is 16.5. The maximum Gasteiger partial charge on any atom is 0.104 e. The molecule has 3 unspecified atom stereocenters. The van der Waals surface area contributed by atoms with Gasteiger partial charge >= 0.3 is 0 Å². The third-order valence-corrected chi connectivity index (χ3v) is 4.30. The molecular weight excluding hydrogens is 248 g/mol. The normalized spacial score (nSPS) is 25.9. The molecule has 2 nitrogen and oxygen atoms in total. The third-order valence-electron chi connectivity index (χ3n) is 4.30. The van der Waals surface area contributed by atoms with Gasteiger partial charge in [-0.25, -0.2) is 0 Å². The zero-order valence-electron chi connectivity index (χ0n) is 12.4. The Bertz CT molecular complexity index is 466. The Kier molecular flexibility index (Phi) is 5.64. The highest BCUT2D eigenvalue weighted by Gasteiger charge is 2.24. The molecule has 3 atom stereocenters.